The van der Waals surface area contributed by atoms with Crippen LogP contribution < -0.4 is 15.8 Å². The van der Waals surface area contributed by atoms with Gasteiger partial charge in [0.2, 0.25) is 0 Å². The minimum absolute atomic E-state index is 0.185. The highest BCUT2D eigenvalue weighted by Crippen LogP contribution is 2.26. The van der Waals surface area contributed by atoms with Crippen LogP contribution >= 0.6 is 0 Å². The van der Waals surface area contributed by atoms with Crippen LogP contribution in [0.4, 0.5) is 5.69 Å². The standard InChI is InChI=1S/C14H20N2O5/c1-19-8-4-7-16-12(17)9-21-14(18)10-5-3-6-11(15)13(10)20-2/h3,5-6H,4,7-9,15H2,1-2H3,(H,16,17). The van der Waals surface area contributed by atoms with E-state index in [1.807, 2.05) is 0 Å². The van der Waals surface area contributed by atoms with Crippen molar-refractivity contribution in [3.8, 4) is 5.75 Å². The van der Waals surface area contributed by atoms with E-state index >= 15 is 0 Å². The molecular weight excluding hydrogens is 276 g/mol. The molecule has 0 fully saturated rings. The molecule has 7 nitrogen and oxygen atoms in total. The van der Waals surface area contributed by atoms with Crippen molar-refractivity contribution in [3.05, 3.63) is 23.8 Å². The molecule has 1 aromatic rings. The average molecular weight is 296 g/mol. The first kappa shape index (κ1) is 16.8. The van der Waals surface area contributed by atoms with E-state index in [1.54, 1.807) is 19.2 Å². The summed E-state index contributed by atoms with van der Waals surface area (Å²) in [6.45, 7) is 0.663. The highest BCUT2D eigenvalue weighted by Gasteiger charge is 2.16. The molecule has 1 rings (SSSR count). The van der Waals surface area contributed by atoms with Gasteiger partial charge in [0.1, 0.15) is 5.56 Å². The first-order valence-electron chi connectivity index (χ1n) is 6.45. The molecule has 21 heavy (non-hydrogen) atoms. The minimum atomic E-state index is -0.661. The summed E-state index contributed by atoms with van der Waals surface area (Å²) in [6.07, 6.45) is 0.694. The molecular formula is C14H20N2O5. The Hall–Kier alpha value is -2.28. The Balaban J connectivity index is 2.47. The van der Waals surface area contributed by atoms with E-state index in [4.69, 9.17) is 19.9 Å². The van der Waals surface area contributed by atoms with Gasteiger partial charge in [0.05, 0.1) is 12.8 Å². The van der Waals surface area contributed by atoms with E-state index < -0.39 is 5.97 Å². The Kier molecular flexibility index (Phi) is 7.03. The molecule has 3 N–H and O–H groups in total. The summed E-state index contributed by atoms with van der Waals surface area (Å²) in [5.41, 5.74) is 6.21. The Morgan fingerprint density at radius 1 is 1.29 bits per heavy atom. The lowest BCUT2D eigenvalue weighted by Gasteiger charge is -2.10. The number of rotatable bonds is 8. The SMILES string of the molecule is COCCCNC(=O)COC(=O)c1cccc(N)c1OC. The van der Waals surface area contributed by atoms with E-state index in [-0.39, 0.29) is 23.8 Å². The van der Waals surface area contributed by atoms with Crippen LogP contribution in [-0.4, -0.2) is 45.9 Å². The second kappa shape index (κ2) is 8.80. The number of nitrogen functional groups attached to an aromatic ring is 1. The average Bonchev–Trinajstić information content (AvgIpc) is 2.49. The fourth-order valence-electron chi connectivity index (χ4n) is 1.65. The molecule has 0 spiro atoms. The van der Waals surface area contributed by atoms with Crippen LogP contribution in [0.1, 0.15) is 16.8 Å². The number of ether oxygens (including phenoxy) is 3. The van der Waals surface area contributed by atoms with Crippen molar-refractivity contribution in [3.63, 3.8) is 0 Å². The van der Waals surface area contributed by atoms with E-state index in [1.165, 1.54) is 13.2 Å². The van der Waals surface area contributed by atoms with Gasteiger partial charge in [-0.05, 0) is 18.6 Å². The summed E-state index contributed by atoms with van der Waals surface area (Å²) in [4.78, 5) is 23.4. The highest BCUT2D eigenvalue weighted by atomic mass is 16.5. The van der Waals surface area contributed by atoms with Crippen molar-refractivity contribution in [2.24, 2.45) is 0 Å². The molecule has 0 aliphatic heterocycles. The van der Waals surface area contributed by atoms with Crippen LogP contribution in [0.3, 0.4) is 0 Å². The third kappa shape index (κ3) is 5.31. The number of esters is 1. The first-order chi connectivity index (χ1) is 10.1. The summed E-state index contributed by atoms with van der Waals surface area (Å²) in [7, 11) is 2.99. The molecule has 0 aliphatic carbocycles. The lowest BCUT2D eigenvalue weighted by Crippen LogP contribution is -2.30. The zero-order chi connectivity index (χ0) is 15.7. The normalized spacial score (nSPS) is 10.0. The number of nitrogens with two attached hydrogens (primary N) is 1. The first-order valence-corrected chi connectivity index (χ1v) is 6.45. The van der Waals surface area contributed by atoms with Gasteiger partial charge in [0.25, 0.3) is 5.91 Å². The number of carbonyl (C=O) groups is 2. The number of hydrogen-bond acceptors (Lipinski definition) is 6. The van der Waals surface area contributed by atoms with Crippen LogP contribution in [0.5, 0.6) is 5.75 Å². The topological polar surface area (TPSA) is 99.9 Å². The van der Waals surface area contributed by atoms with Gasteiger partial charge in [-0.3, -0.25) is 4.79 Å². The van der Waals surface area contributed by atoms with Gasteiger partial charge in [0, 0.05) is 20.3 Å². The third-order valence-electron chi connectivity index (χ3n) is 2.65. The second-order valence-corrected chi connectivity index (χ2v) is 4.20. The Bertz CT molecular complexity index is 490. The lowest BCUT2D eigenvalue weighted by molar-refractivity contribution is -0.124. The molecule has 0 aromatic heterocycles. The van der Waals surface area contributed by atoms with E-state index in [0.717, 1.165) is 0 Å². The molecule has 116 valence electrons. The van der Waals surface area contributed by atoms with Gasteiger partial charge < -0.3 is 25.3 Å². The van der Waals surface area contributed by atoms with Crippen molar-refractivity contribution in [2.75, 3.05) is 39.7 Å². The zero-order valence-corrected chi connectivity index (χ0v) is 12.2. The van der Waals surface area contributed by atoms with Crippen molar-refractivity contribution in [1.82, 2.24) is 5.32 Å². The summed E-state index contributed by atoms with van der Waals surface area (Å²) in [6, 6.07) is 4.74. The largest absolute Gasteiger partial charge is 0.494 e. The molecule has 0 saturated carbocycles. The van der Waals surface area contributed by atoms with Crippen molar-refractivity contribution >= 4 is 17.6 Å². The Morgan fingerprint density at radius 2 is 2.05 bits per heavy atom. The fourth-order valence-corrected chi connectivity index (χ4v) is 1.65. The number of nitrogens with one attached hydrogen (secondary N) is 1. The maximum atomic E-state index is 11.9. The molecule has 0 atom stereocenters. The minimum Gasteiger partial charge on any atom is -0.494 e. The van der Waals surface area contributed by atoms with E-state index in [0.29, 0.717) is 25.3 Å². The van der Waals surface area contributed by atoms with Crippen LogP contribution in [-0.2, 0) is 14.3 Å². The number of benzene rings is 1. The van der Waals surface area contributed by atoms with Crippen LogP contribution in [0.15, 0.2) is 18.2 Å². The van der Waals surface area contributed by atoms with Crippen molar-refractivity contribution in [1.29, 1.82) is 0 Å². The molecule has 0 bridgehead atoms. The molecule has 1 aromatic carbocycles. The molecule has 7 heteroatoms. The smallest absolute Gasteiger partial charge is 0.342 e. The molecule has 0 aliphatic rings. The number of amides is 1. The van der Waals surface area contributed by atoms with Gasteiger partial charge in [0.15, 0.2) is 12.4 Å². The Morgan fingerprint density at radius 3 is 2.71 bits per heavy atom. The van der Waals surface area contributed by atoms with Gasteiger partial charge in [-0.1, -0.05) is 6.07 Å². The molecule has 0 unspecified atom stereocenters. The molecule has 0 heterocycles. The summed E-state index contributed by atoms with van der Waals surface area (Å²) >= 11 is 0. The Labute approximate surface area is 123 Å². The number of hydrogen-bond donors (Lipinski definition) is 2. The van der Waals surface area contributed by atoms with Crippen molar-refractivity contribution in [2.45, 2.75) is 6.42 Å². The number of para-hydroxylation sites is 1. The maximum Gasteiger partial charge on any atom is 0.342 e. The molecule has 0 saturated heterocycles. The van der Waals surface area contributed by atoms with Crippen LogP contribution in [0.2, 0.25) is 0 Å². The monoisotopic (exact) mass is 296 g/mol. The van der Waals surface area contributed by atoms with E-state index in [9.17, 15) is 9.59 Å². The van der Waals surface area contributed by atoms with Gasteiger partial charge in [-0.2, -0.15) is 0 Å². The quantitative estimate of drug-likeness (QED) is 0.414. The molecule has 0 radical (unpaired) electrons. The second-order valence-electron chi connectivity index (χ2n) is 4.20. The predicted octanol–water partition coefficient (Wildman–Crippen LogP) is 0.587. The molecule has 1 amide bonds. The third-order valence-corrected chi connectivity index (χ3v) is 2.65. The van der Waals surface area contributed by atoms with Crippen LogP contribution in [0, 0.1) is 0 Å². The maximum absolute atomic E-state index is 11.9. The van der Waals surface area contributed by atoms with Crippen LogP contribution in [0.25, 0.3) is 0 Å². The van der Waals surface area contributed by atoms with E-state index in [2.05, 4.69) is 5.32 Å². The van der Waals surface area contributed by atoms with Crippen molar-refractivity contribution < 1.29 is 23.8 Å². The predicted molar refractivity (Wildman–Crippen MR) is 77.2 cm³/mol. The fraction of sp³-hybridized carbons (Fsp3) is 0.429. The van der Waals surface area contributed by atoms with Gasteiger partial charge >= 0.3 is 5.97 Å². The van der Waals surface area contributed by atoms with Gasteiger partial charge in [-0.25, -0.2) is 4.79 Å². The number of anilines is 1. The lowest BCUT2D eigenvalue weighted by atomic mass is 10.2. The highest BCUT2D eigenvalue weighted by molar-refractivity contribution is 5.95. The summed E-state index contributed by atoms with van der Waals surface area (Å²) in [5.74, 6) is -0.795. The summed E-state index contributed by atoms with van der Waals surface area (Å²) in [5, 5.41) is 2.61. The summed E-state index contributed by atoms with van der Waals surface area (Å²) < 4.78 is 14.8. The zero-order valence-electron chi connectivity index (χ0n) is 12.2. The number of methoxy groups -OCH3 is 2. The van der Waals surface area contributed by atoms with Gasteiger partial charge in [-0.15, -0.1) is 0 Å². The number of carbonyl (C=O) groups excluding carboxylic acids is 2.